The van der Waals surface area contributed by atoms with E-state index in [4.69, 9.17) is 11.6 Å². The molecule has 118 valence electrons. The van der Waals surface area contributed by atoms with E-state index in [9.17, 15) is 15.2 Å². The summed E-state index contributed by atoms with van der Waals surface area (Å²) in [5, 5.41) is 21.3. The molecule has 8 heteroatoms. The number of nitro groups is 1. The van der Waals surface area contributed by atoms with Crippen molar-refractivity contribution in [1.29, 1.82) is 0 Å². The fourth-order valence-corrected chi connectivity index (χ4v) is 2.65. The Hall–Kier alpha value is -2.12. The second-order valence-electron chi connectivity index (χ2n) is 5.51. The van der Waals surface area contributed by atoms with Crippen LogP contribution in [-0.4, -0.2) is 32.2 Å². The highest BCUT2D eigenvalue weighted by Crippen LogP contribution is 2.33. The van der Waals surface area contributed by atoms with Crippen molar-refractivity contribution in [2.24, 2.45) is 0 Å². The van der Waals surface area contributed by atoms with E-state index in [1.807, 2.05) is 30.3 Å². The first-order chi connectivity index (χ1) is 10.2. The Morgan fingerprint density at radius 1 is 1.41 bits per heavy atom. The molecule has 0 radical (unpaired) electrons. The first-order valence-corrected chi connectivity index (χ1v) is 6.98. The normalized spacial score (nSPS) is 13.0. The maximum Gasteiger partial charge on any atom is 0.383 e. The van der Waals surface area contributed by atoms with Gasteiger partial charge in [0.05, 0.1) is 5.60 Å². The monoisotopic (exact) mass is 324 g/mol. The zero-order valence-electron chi connectivity index (χ0n) is 12.5. The maximum absolute atomic E-state index is 10.9. The number of para-hydroxylation sites is 1. The third-order valence-corrected chi connectivity index (χ3v) is 3.57. The minimum atomic E-state index is -1.22. The second kappa shape index (κ2) is 5.94. The van der Waals surface area contributed by atoms with Gasteiger partial charge in [0, 0.05) is 12.7 Å². The summed E-state index contributed by atoms with van der Waals surface area (Å²) < 4.78 is 1.40. The summed E-state index contributed by atoms with van der Waals surface area (Å²) in [4.78, 5) is 15.8. The first kappa shape index (κ1) is 16.3. The van der Waals surface area contributed by atoms with Crippen LogP contribution in [0.15, 0.2) is 36.5 Å². The lowest BCUT2D eigenvalue weighted by Gasteiger charge is -2.38. The quantitative estimate of drug-likeness (QED) is 0.675. The molecule has 1 heterocycles. The van der Waals surface area contributed by atoms with Crippen LogP contribution in [0.2, 0.25) is 5.28 Å². The van der Waals surface area contributed by atoms with Crippen LogP contribution >= 0.6 is 11.6 Å². The number of aromatic nitrogens is 2. The van der Waals surface area contributed by atoms with Crippen LogP contribution in [0, 0.1) is 10.1 Å². The summed E-state index contributed by atoms with van der Waals surface area (Å²) in [6.07, 6.45) is 0.563. The van der Waals surface area contributed by atoms with E-state index in [1.165, 1.54) is 10.8 Å². The van der Waals surface area contributed by atoms with Crippen molar-refractivity contribution in [3.63, 3.8) is 0 Å². The van der Waals surface area contributed by atoms with Gasteiger partial charge >= 0.3 is 11.1 Å². The SMILES string of the molecule is CN(c1ccccc1)C(n1cc([N+](=O)[O-])nc1Cl)C(C)(C)O. The molecule has 0 bridgehead atoms. The Balaban J connectivity index is 2.50. The number of likely N-dealkylation sites (N-methyl/N-ethyl adjacent to an activating group) is 1. The highest BCUT2D eigenvalue weighted by Gasteiger charge is 2.36. The number of hydrogen-bond donors (Lipinski definition) is 1. The predicted molar refractivity (Wildman–Crippen MR) is 84.1 cm³/mol. The minimum absolute atomic E-state index is 0.0541. The Morgan fingerprint density at radius 2 is 2.00 bits per heavy atom. The molecule has 2 rings (SSSR count). The van der Waals surface area contributed by atoms with Crippen LogP contribution in [0.1, 0.15) is 20.0 Å². The third-order valence-electron chi connectivity index (χ3n) is 3.29. The minimum Gasteiger partial charge on any atom is -0.386 e. The van der Waals surface area contributed by atoms with Crippen molar-refractivity contribution < 1.29 is 10.0 Å². The van der Waals surface area contributed by atoms with Gasteiger partial charge in [-0.05, 0) is 47.5 Å². The summed E-state index contributed by atoms with van der Waals surface area (Å²) in [6.45, 7) is 3.22. The molecule has 1 atom stereocenters. The molecule has 22 heavy (non-hydrogen) atoms. The molecule has 1 unspecified atom stereocenters. The molecule has 1 aromatic heterocycles. The van der Waals surface area contributed by atoms with Gasteiger partial charge in [-0.1, -0.05) is 18.2 Å². The summed E-state index contributed by atoms with van der Waals surface area (Å²) in [7, 11) is 1.78. The summed E-state index contributed by atoms with van der Waals surface area (Å²) >= 11 is 6.03. The number of nitrogens with zero attached hydrogens (tertiary/aromatic N) is 4. The van der Waals surface area contributed by atoms with E-state index in [0.29, 0.717) is 0 Å². The van der Waals surface area contributed by atoms with Crippen molar-refractivity contribution in [3.8, 4) is 0 Å². The van der Waals surface area contributed by atoms with Crippen LogP contribution < -0.4 is 4.90 Å². The topological polar surface area (TPSA) is 84.4 Å². The third kappa shape index (κ3) is 3.20. The van der Waals surface area contributed by atoms with E-state index in [1.54, 1.807) is 25.8 Å². The second-order valence-corrected chi connectivity index (χ2v) is 5.84. The zero-order valence-corrected chi connectivity index (χ0v) is 13.2. The van der Waals surface area contributed by atoms with E-state index in [-0.39, 0.29) is 11.1 Å². The molecular weight excluding hydrogens is 308 g/mol. The Labute approximate surface area is 132 Å². The van der Waals surface area contributed by atoms with Crippen LogP contribution in [-0.2, 0) is 0 Å². The van der Waals surface area contributed by atoms with Crippen LogP contribution in [0.3, 0.4) is 0 Å². The zero-order chi connectivity index (χ0) is 16.5. The average Bonchev–Trinajstić information content (AvgIpc) is 2.80. The number of halogens is 1. The lowest BCUT2D eigenvalue weighted by molar-refractivity contribution is -0.389. The molecule has 0 saturated heterocycles. The van der Waals surface area contributed by atoms with Gasteiger partial charge in [-0.3, -0.25) is 4.57 Å². The maximum atomic E-state index is 10.9. The standard InChI is InChI=1S/C14H17ClN4O3/c1-14(2,20)12(17(3)10-7-5-4-6-8-10)18-9-11(19(21)22)16-13(18)15/h4-9,12,20H,1-3H3. The summed E-state index contributed by atoms with van der Waals surface area (Å²) in [5.74, 6) is -0.360. The summed E-state index contributed by atoms with van der Waals surface area (Å²) in [6, 6.07) is 9.36. The highest BCUT2D eigenvalue weighted by atomic mass is 35.5. The van der Waals surface area contributed by atoms with Gasteiger partial charge in [-0.15, -0.1) is 0 Å². The van der Waals surface area contributed by atoms with Crippen molar-refractivity contribution in [3.05, 3.63) is 51.9 Å². The lowest BCUT2D eigenvalue weighted by Crippen LogP contribution is -2.44. The molecule has 0 saturated carbocycles. The van der Waals surface area contributed by atoms with Crippen molar-refractivity contribution in [2.75, 3.05) is 11.9 Å². The first-order valence-electron chi connectivity index (χ1n) is 6.61. The Bertz CT molecular complexity index is 666. The lowest BCUT2D eigenvalue weighted by atomic mass is 10.0. The van der Waals surface area contributed by atoms with E-state index in [2.05, 4.69) is 4.98 Å². The van der Waals surface area contributed by atoms with Gasteiger partial charge < -0.3 is 20.1 Å². The van der Waals surface area contributed by atoms with Crippen LogP contribution in [0.25, 0.3) is 0 Å². The number of rotatable bonds is 5. The molecule has 2 aromatic rings. The van der Waals surface area contributed by atoms with E-state index >= 15 is 0 Å². The van der Waals surface area contributed by atoms with Gasteiger partial charge in [-0.2, -0.15) is 0 Å². The number of anilines is 1. The number of imidazole rings is 1. The molecule has 0 aliphatic rings. The van der Waals surface area contributed by atoms with Gasteiger partial charge in [0.15, 0.2) is 0 Å². The van der Waals surface area contributed by atoms with E-state index in [0.717, 1.165) is 5.69 Å². The average molecular weight is 325 g/mol. The summed E-state index contributed by atoms with van der Waals surface area (Å²) in [5.41, 5.74) is -0.384. The Kier molecular flexibility index (Phi) is 4.39. The van der Waals surface area contributed by atoms with Gasteiger partial charge in [0.2, 0.25) is 0 Å². The molecule has 1 N–H and O–H groups in total. The van der Waals surface area contributed by atoms with Gasteiger partial charge in [-0.25, -0.2) is 0 Å². The largest absolute Gasteiger partial charge is 0.386 e. The number of benzene rings is 1. The Morgan fingerprint density at radius 3 is 2.45 bits per heavy atom. The van der Waals surface area contributed by atoms with E-state index < -0.39 is 16.7 Å². The molecule has 0 aliphatic carbocycles. The van der Waals surface area contributed by atoms with Crippen LogP contribution in [0.5, 0.6) is 0 Å². The molecular formula is C14H17ClN4O3. The van der Waals surface area contributed by atoms with Crippen molar-refractivity contribution in [1.82, 2.24) is 9.55 Å². The van der Waals surface area contributed by atoms with Gasteiger partial charge in [0.1, 0.15) is 12.4 Å². The fraction of sp³-hybridized carbons (Fsp3) is 0.357. The molecule has 0 spiro atoms. The number of hydrogen-bond acceptors (Lipinski definition) is 5. The molecule has 0 amide bonds. The predicted octanol–water partition coefficient (Wildman–Crippen LogP) is 2.85. The fourth-order valence-electron chi connectivity index (χ4n) is 2.42. The van der Waals surface area contributed by atoms with Crippen molar-refractivity contribution >= 4 is 23.1 Å². The molecule has 7 nitrogen and oxygen atoms in total. The highest BCUT2D eigenvalue weighted by molar-refractivity contribution is 6.28. The van der Waals surface area contributed by atoms with Crippen LogP contribution in [0.4, 0.5) is 11.5 Å². The molecule has 0 fully saturated rings. The van der Waals surface area contributed by atoms with Crippen molar-refractivity contribution in [2.45, 2.75) is 25.6 Å². The number of aliphatic hydroxyl groups is 1. The molecule has 0 aliphatic heterocycles. The van der Waals surface area contributed by atoms with Gasteiger partial charge in [0.25, 0.3) is 0 Å². The molecule has 1 aromatic carbocycles. The smallest absolute Gasteiger partial charge is 0.383 e.